The number of aromatic nitrogens is 2. The van der Waals surface area contributed by atoms with Gasteiger partial charge in [0.05, 0.1) is 18.8 Å². The van der Waals surface area contributed by atoms with Crippen molar-refractivity contribution in [2.45, 2.75) is 51.5 Å². The third kappa shape index (κ3) is 3.64. The second-order valence-corrected chi connectivity index (χ2v) is 6.61. The molecule has 2 fully saturated rings. The Morgan fingerprint density at radius 3 is 2.71 bits per heavy atom. The van der Waals surface area contributed by atoms with Crippen molar-refractivity contribution < 1.29 is 4.79 Å². The van der Waals surface area contributed by atoms with E-state index in [1.54, 1.807) is 6.20 Å². The van der Waals surface area contributed by atoms with Gasteiger partial charge in [-0.3, -0.25) is 9.69 Å². The molecule has 1 saturated carbocycles. The minimum Gasteiger partial charge on any atom is -0.310 e. The molecule has 0 aromatic carbocycles. The molecule has 0 bridgehead atoms. The van der Waals surface area contributed by atoms with Crippen molar-refractivity contribution in [3.8, 4) is 0 Å². The Bertz CT molecular complexity index is 470. The highest BCUT2D eigenvalue weighted by atomic mass is 16.2. The average Bonchev–Trinajstić information content (AvgIpc) is 3.11. The number of carbonyl (C=O) groups excluding carboxylic acids is 1. The standard InChI is InChI=1S/C16H26N4O/c1-13-7-10-19(11-8-13)12-16(21)18-15-6-9-17-20(15)14-4-2-3-5-14/h6,9,13-14H,2-5,7-8,10-12H2,1H3,(H,18,21). The number of likely N-dealkylation sites (tertiary alicyclic amines) is 1. The normalized spacial score (nSPS) is 21.8. The number of carbonyl (C=O) groups is 1. The molecular formula is C16H26N4O. The van der Waals surface area contributed by atoms with E-state index in [-0.39, 0.29) is 5.91 Å². The zero-order chi connectivity index (χ0) is 14.7. The highest BCUT2D eigenvalue weighted by molar-refractivity contribution is 5.91. The van der Waals surface area contributed by atoms with Gasteiger partial charge in [-0.05, 0) is 44.7 Å². The fourth-order valence-electron chi connectivity index (χ4n) is 3.46. The van der Waals surface area contributed by atoms with Crippen LogP contribution in [-0.4, -0.2) is 40.2 Å². The molecule has 1 saturated heterocycles. The lowest BCUT2D eigenvalue weighted by atomic mass is 9.99. The average molecular weight is 290 g/mol. The second kappa shape index (κ2) is 6.60. The summed E-state index contributed by atoms with van der Waals surface area (Å²) < 4.78 is 2.00. The zero-order valence-corrected chi connectivity index (χ0v) is 12.9. The maximum absolute atomic E-state index is 12.2. The minimum absolute atomic E-state index is 0.0873. The second-order valence-electron chi connectivity index (χ2n) is 6.61. The van der Waals surface area contributed by atoms with Crippen LogP contribution < -0.4 is 5.32 Å². The van der Waals surface area contributed by atoms with Crippen LogP contribution in [-0.2, 0) is 4.79 Å². The van der Waals surface area contributed by atoms with E-state index in [1.807, 2.05) is 10.7 Å². The first-order valence-corrected chi connectivity index (χ1v) is 8.28. The molecule has 0 spiro atoms. The fourth-order valence-corrected chi connectivity index (χ4v) is 3.46. The number of hydrogen-bond acceptors (Lipinski definition) is 3. The molecule has 116 valence electrons. The largest absolute Gasteiger partial charge is 0.310 e. The third-order valence-corrected chi connectivity index (χ3v) is 4.85. The molecule has 0 atom stereocenters. The Hall–Kier alpha value is -1.36. The molecule has 5 nitrogen and oxygen atoms in total. The molecule has 1 N–H and O–H groups in total. The SMILES string of the molecule is CC1CCN(CC(=O)Nc2ccnn2C2CCCC2)CC1. The van der Waals surface area contributed by atoms with Gasteiger partial charge in [-0.15, -0.1) is 0 Å². The lowest BCUT2D eigenvalue weighted by molar-refractivity contribution is -0.117. The molecule has 1 amide bonds. The van der Waals surface area contributed by atoms with E-state index in [4.69, 9.17) is 0 Å². The molecule has 2 heterocycles. The monoisotopic (exact) mass is 290 g/mol. The Morgan fingerprint density at radius 2 is 2.00 bits per heavy atom. The van der Waals surface area contributed by atoms with Crippen LogP contribution in [0.3, 0.4) is 0 Å². The molecule has 1 aromatic heterocycles. The molecule has 1 aromatic rings. The summed E-state index contributed by atoms with van der Waals surface area (Å²) in [5.74, 6) is 1.75. The smallest absolute Gasteiger partial charge is 0.239 e. The van der Waals surface area contributed by atoms with Crippen LogP contribution in [0, 0.1) is 5.92 Å². The van der Waals surface area contributed by atoms with Gasteiger partial charge in [0.2, 0.25) is 5.91 Å². The van der Waals surface area contributed by atoms with E-state index in [1.165, 1.54) is 38.5 Å². The molecule has 0 unspecified atom stereocenters. The van der Waals surface area contributed by atoms with Crippen molar-refractivity contribution >= 4 is 11.7 Å². The summed E-state index contributed by atoms with van der Waals surface area (Å²) in [5.41, 5.74) is 0. The molecular weight excluding hydrogens is 264 g/mol. The minimum atomic E-state index is 0.0873. The Kier molecular flexibility index (Phi) is 4.58. The van der Waals surface area contributed by atoms with Crippen LogP contribution in [0.25, 0.3) is 0 Å². The molecule has 2 aliphatic rings. The summed E-state index contributed by atoms with van der Waals surface area (Å²) in [6, 6.07) is 2.38. The van der Waals surface area contributed by atoms with Gasteiger partial charge in [-0.1, -0.05) is 19.8 Å². The topological polar surface area (TPSA) is 50.2 Å². The van der Waals surface area contributed by atoms with Gasteiger partial charge in [0, 0.05) is 6.07 Å². The highest BCUT2D eigenvalue weighted by Gasteiger charge is 2.22. The number of nitrogens with zero attached hydrogens (tertiary/aromatic N) is 3. The van der Waals surface area contributed by atoms with Gasteiger partial charge in [0.25, 0.3) is 0 Å². The predicted molar refractivity (Wildman–Crippen MR) is 83.2 cm³/mol. The van der Waals surface area contributed by atoms with Crippen molar-refractivity contribution in [2.75, 3.05) is 25.0 Å². The first-order valence-electron chi connectivity index (χ1n) is 8.28. The summed E-state index contributed by atoms with van der Waals surface area (Å²) in [7, 11) is 0. The number of amides is 1. The third-order valence-electron chi connectivity index (χ3n) is 4.85. The van der Waals surface area contributed by atoms with Crippen molar-refractivity contribution in [1.29, 1.82) is 0 Å². The maximum atomic E-state index is 12.2. The van der Waals surface area contributed by atoms with E-state index >= 15 is 0 Å². The van der Waals surface area contributed by atoms with E-state index in [0.29, 0.717) is 12.6 Å². The van der Waals surface area contributed by atoms with Crippen LogP contribution in [0.4, 0.5) is 5.82 Å². The molecule has 3 rings (SSSR count). The van der Waals surface area contributed by atoms with Crippen LogP contribution in [0.5, 0.6) is 0 Å². The summed E-state index contributed by atoms with van der Waals surface area (Å²) >= 11 is 0. The van der Waals surface area contributed by atoms with E-state index in [2.05, 4.69) is 22.2 Å². The maximum Gasteiger partial charge on any atom is 0.239 e. The van der Waals surface area contributed by atoms with Crippen LogP contribution in [0.1, 0.15) is 51.5 Å². The van der Waals surface area contributed by atoms with E-state index in [0.717, 1.165) is 24.8 Å². The summed E-state index contributed by atoms with van der Waals surface area (Å²) in [5, 5.41) is 7.44. The summed E-state index contributed by atoms with van der Waals surface area (Å²) in [4.78, 5) is 14.5. The van der Waals surface area contributed by atoms with Gasteiger partial charge in [0.1, 0.15) is 5.82 Å². The van der Waals surface area contributed by atoms with Gasteiger partial charge in [-0.25, -0.2) is 4.68 Å². The molecule has 5 heteroatoms. The van der Waals surface area contributed by atoms with Gasteiger partial charge < -0.3 is 5.32 Å². The van der Waals surface area contributed by atoms with E-state index < -0.39 is 0 Å². The van der Waals surface area contributed by atoms with Crippen molar-refractivity contribution in [3.05, 3.63) is 12.3 Å². The summed E-state index contributed by atoms with van der Waals surface area (Å²) in [6.07, 6.45) is 9.08. The van der Waals surface area contributed by atoms with Gasteiger partial charge in [0.15, 0.2) is 0 Å². The number of anilines is 1. The predicted octanol–water partition coefficient (Wildman–Crippen LogP) is 2.67. The first kappa shape index (κ1) is 14.6. The lowest BCUT2D eigenvalue weighted by Gasteiger charge is -2.29. The Morgan fingerprint density at radius 1 is 1.29 bits per heavy atom. The molecule has 1 aliphatic carbocycles. The lowest BCUT2D eigenvalue weighted by Crippen LogP contribution is -2.39. The summed E-state index contributed by atoms with van der Waals surface area (Å²) in [6.45, 7) is 4.87. The number of hydrogen-bond donors (Lipinski definition) is 1. The van der Waals surface area contributed by atoms with E-state index in [9.17, 15) is 4.79 Å². The van der Waals surface area contributed by atoms with Crippen molar-refractivity contribution in [1.82, 2.24) is 14.7 Å². The number of piperidine rings is 1. The zero-order valence-electron chi connectivity index (χ0n) is 12.9. The van der Waals surface area contributed by atoms with Gasteiger partial charge in [-0.2, -0.15) is 5.10 Å². The Labute approximate surface area is 126 Å². The Balaban J connectivity index is 1.54. The highest BCUT2D eigenvalue weighted by Crippen LogP contribution is 2.31. The fraction of sp³-hybridized carbons (Fsp3) is 0.750. The van der Waals surface area contributed by atoms with Crippen molar-refractivity contribution in [2.24, 2.45) is 5.92 Å². The molecule has 1 aliphatic heterocycles. The number of rotatable bonds is 4. The van der Waals surface area contributed by atoms with Crippen LogP contribution in [0.15, 0.2) is 12.3 Å². The molecule has 21 heavy (non-hydrogen) atoms. The van der Waals surface area contributed by atoms with Crippen LogP contribution >= 0.6 is 0 Å². The molecule has 0 radical (unpaired) electrons. The number of nitrogens with one attached hydrogen (secondary N) is 1. The van der Waals surface area contributed by atoms with Crippen LogP contribution in [0.2, 0.25) is 0 Å². The van der Waals surface area contributed by atoms with Crippen molar-refractivity contribution in [3.63, 3.8) is 0 Å². The van der Waals surface area contributed by atoms with Gasteiger partial charge >= 0.3 is 0 Å². The first-order chi connectivity index (χ1) is 10.2. The quantitative estimate of drug-likeness (QED) is 0.927.